The number of nitrogens with zero attached hydrogens (tertiary/aromatic N) is 1. The van der Waals surface area contributed by atoms with Gasteiger partial charge in [0.25, 0.3) is 5.91 Å². The molecular weight excluding hydrogens is 352 g/mol. The molecule has 0 spiro atoms. The molecule has 0 aliphatic carbocycles. The van der Waals surface area contributed by atoms with Crippen molar-refractivity contribution < 1.29 is 14.3 Å². The van der Waals surface area contributed by atoms with Crippen LogP contribution in [0.3, 0.4) is 0 Å². The zero-order chi connectivity index (χ0) is 18.7. The summed E-state index contributed by atoms with van der Waals surface area (Å²) in [5, 5.41) is 3.50. The van der Waals surface area contributed by atoms with Gasteiger partial charge in [-0.2, -0.15) is 0 Å². The third-order valence-corrected chi connectivity index (χ3v) is 4.87. The molecule has 0 unspecified atom stereocenters. The van der Waals surface area contributed by atoms with E-state index < -0.39 is 0 Å². The summed E-state index contributed by atoms with van der Waals surface area (Å²) in [6.07, 6.45) is 0.835. The molecule has 6 heteroatoms. The van der Waals surface area contributed by atoms with E-state index in [-0.39, 0.29) is 18.4 Å². The van der Waals surface area contributed by atoms with E-state index in [0.717, 1.165) is 24.1 Å². The average molecular weight is 373 g/mol. The van der Waals surface area contributed by atoms with Crippen LogP contribution in [0.5, 0.6) is 5.75 Å². The Bertz CT molecular complexity index is 851. The minimum Gasteiger partial charge on any atom is -0.484 e. The second-order valence-corrected chi connectivity index (χ2v) is 6.83. The van der Waals surface area contributed by atoms with Gasteiger partial charge in [0.2, 0.25) is 5.91 Å². The topological polar surface area (TPSA) is 58.6 Å². The molecule has 0 saturated heterocycles. The third-order valence-electron chi connectivity index (χ3n) is 4.45. The number of anilines is 1. The first-order valence-corrected chi connectivity index (χ1v) is 8.86. The predicted octanol–water partition coefficient (Wildman–Crippen LogP) is 3.57. The molecule has 2 amide bonds. The number of carbonyl (C=O) groups excluding carboxylic acids is 2. The van der Waals surface area contributed by atoms with Gasteiger partial charge in [-0.3, -0.25) is 9.59 Å². The number of fused-ring (bicyclic) bond motifs is 1. The van der Waals surface area contributed by atoms with Crippen LogP contribution in [0.15, 0.2) is 36.4 Å². The Labute approximate surface area is 157 Å². The first-order chi connectivity index (χ1) is 12.4. The SMILES string of the molecule is CC(=O)N1CCc2ccc(NC(=O)COc3ccc(Cl)c(C)c3)cc2C1. The van der Waals surface area contributed by atoms with Crippen LogP contribution in [0.1, 0.15) is 23.6 Å². The van der Waals surface area contributed by atoms with Gasteiger partial charge in [-0.05, 0) is 60.4 Å². The maximum Gasteiger partial charge on any atom is 0.262 e. The molecule has 1 aliphatic heterocycles. The highest BCUT2D eigenvalue weighted by atomic mass is 35.5. The van der Waals surface area contributed by atoms with E-state index in [0.29, 0.717) is 23.0 Å². The highest BCUT2D eigenvalue weighted by Crippen LogP contribution is 2.23. The number of amides is 2. The molecule has 0 fully saturated rings. The summed E-state index contributed by atoms with van der Waals surface area (Å²) >= 11 is 5.98. The zero-order valence-electron chi connectivity index (χ0n) is 14.8. The van der Waals surface area contributed by atoms with Crippen molar-refractivity contribution in [1.29, 1.82) is 0 Å². The molecule has 2 aromatic rings. The number of hydrogen-bond acceptors (Lipinski definition) is 3. The number of ether oxygens (including phenoxy) is 1. The van der Waals surface area contributed by atoms with Gasteiger partial charge in [0, 0.05) is 30.7 Å². The van der Waals surface area contributed by atoms with Crippen LogP contribution in [-0.2, 0) is 22.6 Å². The molecule has 0 bridgehead atoms. The summed E-state index contributed by atoms with van der Waals surface area (Å²) in [5.74, 6) is 0.429. The quantitative estimate of drug-likeness (QED) is 0.892. The smallest absolute Gasteiger partial charge is 0.262 e. The van der Waals surface area contributed by atoms with E-state index in [2.05, 4.69) is 5.32 Å². The Morgan fingerprint density at radius 2 is 2.00 bits per heavy atom. The molecule has 26 heavy (non-hydrogen) atoms. The lowest BCUT2D eigenvalue weighted by atomic mass is 9.99. The van der Waals surface area contributed by atoms with Crippen LogP contribution in [0.4, 0.5) is 5.69 Å². The summed E-state index contributed by atoms with van der Waals surface area (Å²) in [5.41, 5.74) is 3.89. The second-order valence-electron chi connectivity index (χ2n) is 6.42. The highest BCUT2D eigenvalue weighted by Gasteiger charge is 2.18. The number of carbonyl (C=O) groups is 2. The van der Waals surface area contributed by atoms with E-state index in [1.54, 1.807) is 30.0 Å². The van der Waals surface area contributed by atoms with Crippen LogP contribution in [0, 0.1) is 6.92 Å². The number of halogens is 1. The van der Waals surface area contributed by atoms with Gasteiger partial charge >= 0.3 is 0 Å². The van der Waals surface area contributed by atoms with Crippen molar-refractivity contribution in [3.63, 3.8) is 0 Å². The van der Waals surface area contributed by atoms with Gasteiger partial charge in [0.15, 0.2) is 6.61 Å². The van der Waals surface area contributed by atoms with E-state index in [4.69, 9.17) is 16.3 Å². The highest BCUT2D eigenvalue weighted by molar-refractivity contribution is 6.31. The van der Waals surface area contributed by atoms with Crippen LogP contribution in [0.2, 0.25) is 5.02 Å². The molecule has 1 heterocycles. The maximum atomic E-state index is 12.2. The van der Waals surface area contributed by atoms with Gasteiger partial charge in [-0.25, -0.2) is 0 Å². The summed E-state index contributed by atoms with van der Waals surface area (Å²) < 4.78 is 5.51. The lowest BCUT2D eigenvalue weighted by Gasteiger charge is -2.28. The minimum absolute atomic E-state index is 0.0664. The molecule has 3 rings (SSSR count). The van der Waals surface area contributed by atoms with E-state index >= 15 is 0 Å². The van der Waals surface area contributed by atoms with Crippen molar-refractivity contribution in [3.8, 4) is 5.75 Å². The molecule has 0 atom stereocenters. The largest absolute Gasteiger partial charge is 0.484 e. The van der Waals surface area contributed by atoms with Crippen molar-refractivity contribution >= 4 is 29.1 Å². The fraction of sp³-hybridized carbons (Fsp3) is 0.300. The van der Waals surface area contributed by atoms with Crippen molar-refractivity contribution in [2.75, 3.05) is 18.5 Å². The van der Waals surface area contributed by atoms with Crippen LogP contribution < -0.4 is 10.1 Å². The van der Waals surface area contributed by atoms with Crippen molar-refractivity contribution in [1.82, 2.24) is 4.90 Å². The molecule has 0 radical (unpaired) electrons. The third kappa shape index (κ3) is 4.35. The Morgan fingerprint density at radius 3 is 2.73 bits per heavy atom. The standard InChI is InChI=1S/C20H21ClN2O3/c1-13-9-18(5-6-19(13)21)26-12-20(25)22-17-4-3-15-7-8-23(14(2)24)11-16(15)10-17/h3-6,9-10H,7-8,11-12H2,1-2H3,(H,22,25). The summed E-state index contributed by atoms with van der Waals surface area (Å²) in [6, 6.07) is 11.1. The first-order valence-electron chi connectivity index (χ1n) is 8.48. The summed E-state index contributed by atoms with van der Waals surface area (Å²) in [7, 11) is 0. The average Bonchev–Trinajstić information content (AvgIpc) is 2.62. The fourth-order valence-electron chi connectivity index (χ4n) is 2.96. The van der Waals surface area contributed by atoms with E-state index in [9.17, 15) is 9.59 Å². The predicted molar refractivity (Wildman–Crippen MR) is 102 cm³/mol. The Kier molecular flexibility index (Phi) is 5.47. The molecule has 0 saturated carbocycles. The van der Waals surface area contributed by atoms with Gasteiger partial charge in [-0.1, -0.05) is 17.7 Å². The second kappa shape index (κ2) is 7.79. The zero-order valence-corrected chi connectivity index (χ0v) is 15.6. The monoisotopic (exact) mass is 372 g/mol. The molecule has 5 nitrogen and oxygen atoms in total. The van der Waals surface area contributed by atoms with Crippen molar-refractivity contribution in [2.24, 2.45) is 0 Å². The number of benzene rings is 2. The summed E-state index contributed by atoms with van der Waals surface area (Å²) in [6.45, 7) is 4.69. The van der Waals surface area contributed by atoms with Gasteiger partial charge in [0.05, 0.1) is 0 Å². The first kappa shape index (κ1) is 18.3. The minimum atomic E-state index is -0.239. The molecule has 1 N–H and O–H groups in total. The molecular formula is C20H21ClN2O3. The van der Waals surface area contributed by atoms with Crippen LogP contribution >= 0.6 is 11.6 Å². The molecule has 2 aromatic carbocycles. The van der Waals surface area contributed by atoms with Crippen molar-refractivity contribution in [2.45, 2.75) is 26.8 Å². The van der Waals surface area contributed by atoms with Crippen molar-refractivity contribution in [3.05, 3.63) is 58.1 Å². The van der Waals surface area contributed by atoms with Gasteiger partial charge in [0.1, 0.15) is 5.75 Å². The lowest BCUT2D eigenvalue weighted by molar-refractivity contribution is -0.129. The Hall–Kier alpha value is -2.53. The Balaban J connectivity index is 1.60. The maximum absolute atomic E-state index is 12.2. The summed E-state index contributed by atoms with van der Waals surface area (Å²) in [4.78, 5) is 25.5. The van der Waals surface area contributed by atoms with Crippen LogP contribution in [0.25, 0.3) is 0 Å². The Morgan fingerprint density at radius 1 is 1.19 bits per heavy atom. The lowest BCUT2D eigenvalue weighted by Crippen LogP contribution is -2.34. The van der Waals surface area contributed by atoms with E-state index in [1.807, 2.05) is 25.1 Å². The van der Waals surface area contributed by atoms with Crippen LogP contribution in [-0.4, -0.2) is 29.9 Å². The number of rotatable bonds is 4. The van der Waals surface area contributed by atoms with Gasteiger partial charge in [-0.15, -0.1) is 0 Å². The normalized spacial score (nSPS) is 13.1. The molecule has 0 aromatic heterocycles. The number of nitrogens with one attached hydrogen (secondary N) is 1. The number of hydrogen-bond donors (Lipinski definition) is 1. The molecule has 136 valence electrons. The molecule has 1 aliphatic rings. The van der Waals surface area contributed by atoms with Gasteiger partial charge < -0.3 is 15.0 Å². The number of aryl methyl sites for hydroxylation is 1. The fourth-order valence-corrected chi connectivity index (χ4v) is 3.07. The van der Waals surface area contributed by atoms with E-state index in [1.165, 1.54) is 5.56 Å².